The van der Waals surface area contributed by atoms with E-state index in [4.69, 9.17) is 5.73 Å². The standard InChI is InChI=1S/C12H17F2N/c1-9(2)12(13,14)11-5-3-4-10(8-11)6-7-15/h3-5,8-9H,6-7,15H2,1-2H3. The summed E-state index contributed by atoms with van der Waals surface area (Å²) >= 11 is 0. The lowest BCUT2D eigenvalue weighted by Crippen LogP contribution is -2.21. The van der Waals surface area contributed by atoms with E-state index in [2.05, 4.69) is 0 Å². The molecule has 84 valence electrons. The van der Waals surface area contributed by atoms with Gasteiger partial charge in [-0.2, -0.15) is 0 Å². The zero-order valence-corrected chi connectivity index (χ0v) is 9.13. The van der Waals surface area contributed by atoms with Crippen LogP contribution < -0.4 is 5.73 Å². The molecule has 0 fully saturated rings. The van der Waals surface area contributed by atoms with Gasteiger partial charge in [0, 0.05) is 11.5 Å². The van der Waals surface area contributed by atoms with Gasteiger partial charge in [-0.1, -0.05) is 32.0 Å². The molecule has 0 saturated carbocycles. The molecular formula is C12H17F2N. The third kappa shape index (κ3) is 2.75. The highest BCUT2D eigenvalue weighted by molar-refractivity contribution is 5.27. The number of nitrogens with two attached hydrogens (primary N) is 1. The third-order valence-corrected chi connectivity index (χ3v) is 2.47. The molecular weight excluding hydrogens is 196 g/mol. The maximum absolute atomic E-state index is 13.7. The molecule has 3 heteroatoms. The van der Waals surface area contributed by atoms with Crippen LogP contribution in [-0.2, 0) is 12.3 Å². The Balaban J connectivity index is 2.99. The first-order chi connectivity index (χ1) is 6.98. The SMILES string of the molecule is CC(C)C(F)(F)c1cccc(CCN)c1. The molecule has 1 nitrogen and oxygen atoms in total. The monoisotopic (exact) mass is 213 g/mol. The minimum absolute atomic E-state index is 0.0865. The summed E-state index contributed by atoms with van der Waals surface area (Å²) in [5.74, 6) is -3.45. The van der Waals surface area contributed by atoms with E-state index in [9.17, 15) is 8.78 Å². The summed E-state index contributed by atoms with van der Waals surface area (Å²) in [5, 5.41) is 0. The first-order valence-corrected chi connectivity index (χ1v) is 5.15. The Morgan fingerprint density at radius 2 is 2.00 bits per heavy atom. The normalized spacial score (nSPS) is 12.1. The van der Waals surface area contributed by atoms with Crippen LogP contribution in [0.2, 0.25) is 0 Å². The fourth-order valence-corrected chi connectivity index (χ4v) is 1.43. The van der Waals surface area contributed by atoms with E-state index in [-0.39, 0.29) is 5.56 Å². The van der Waals surface area contributed by atoms with E-state index in [0.29, 0.717) is 13.0 Å². The van der Waals surface area contributed by atoms with Gasteiger partial charge in [-0.15, -0.1) is 0 Å². The van der Waals surface area contributed by atoms with Gasteiger partial charge in [-0.25, -0.2) is 8.78 Å². The smallest absolute Gasteiger partial charge is 0.275 e. The quantitative estimate of drug-likeness (QED) is 0.817. The molecule has 0 saturated heterocycles. The third-order valence-electron chi connectivity index (χ3n) is 2.47. The van der Waals surface area contributed by atoms with Crippen LogP contribution in [0, 0.1) is 5.92 Å². The molecule has 0 aliphatic heterocycles. The van der Waals surface area contributed by atoms with Gasteiger partial charge in [0.15, 0.2) is 0 Å². The Bertz CT molecular complexity index is 321. The maximum Gasteiger partial charge on any atom is 0.275 e. The van der Waals surface area contributed by atoms with Crippen LogP contribution >= 0.6 is 0 Å². The van der Waals surface area contributed by atoms with Crippen molar-refractivity contribution in [3.05, 3.63) is 35.4 Å². The van der Waals surface area contributed by atoms with E-state index in [1.54, 1.807) is 12.1 Å². The molecule has 0 atom stereocenters. The molecule has 0 unspecified atom stereocenters. The van der Waals surface area contributed by atoms with Gasteiger partial charge in [-0.05, 0) is 24.6 Å². The van der Waals surface area contributed by atoms with Crippen LogP contribution in [0.4, 0.5) is 8.78 Å². The van der Waals surface area contributed by atoms with E-state index < -0.39 is 11.8 Å². The van der Waals surface area contributed by atoms with Gasteiger partial charge in [-0.3, -0.25) is 0 Å². The van der Waals surface area contributed by atoms with Crippen LogP contribution in [0.3, 0.4) is 0 Å². The van der Waals surface area contributed by atoms with Crippen LogP contribution in [0.25, 0.3) is 0 Å². The van der Waals surface area contributed by atoms with Crippen molar-refractivity contribution in [2.24, 2.45) is 11.7 Å². The first-order valence-electron chi connectivity index (χ1n) is 5.15. The van der Waals surface area contributed by atoms with Gasteiger partial charge in [0.2, 0.25) is 0 Å². The van der Waals surface area contributed by atoms with E-state index in [1.807, 2.05) is 6.07 Å². The molecule has 0 aliphatic rings. The average Bonchev–Trinajstić information content (AvgIpc) is 2.18. The summed E-state index contributed by atoms with van der Waals surface area (Å²) in [6, 6.07) is 6.51. The Hall–Kier alpha value is -0.960. The highest BCUT2D eigenvalue weighted by atomic mass is 19.3. The highest BCUT2D eigenvalue weighted by Crippen LogP contribution is 2.35. The summed E-state index contributed by atoms with van der Waals surface area (Å²) in [4.78, 5) is 0. The van der Waals surface area contributed by atoms with Gasteiger partial charge < -0.3 is 5.73 Å². The second-order valence-corrected chi connectivity index (χ2v) is 4.02. The number of halogens is 2. The zero-order chi connectivity index (χ0) is 11.5. The summed E-state index contributed by atoms with van der Waals surface area (Å²) in [5.41, 5.74) is 6.35. The Morgan fingerprint density at radius 3 is 2.53 bits per heavy atom. The number of hydrogen-bond donors (Lipinski definition) is 1. The topological polar surface area (TPSA) is 26.0 Å². The Labute approximate surface area is 89.3 Å². The van der Waals surface area contributed by atoms with Crippen molar-refractivity contribution < 1.29 is 8.78 Å². The van der Waals surface area contributed by atoms with Gasteiger partial charge >= 0.3 is 0 Å². The molecule has 1 aromatic carbocycles. The molecule has 2 N–H and O–H groups in total. The Kier molecular flexibility index (Phi) is 3.80. The Morgan fingerprint density at radius 1 is 1.33 bits per heavy atom. The lowest BCUT2D eigenvalue weighted by Gasteiger charge is -2.21. The first kappa shape index (κ1) is 12.1. The van der Waals surface area contributed by atoms with Crippen LogP contribution in [0.1, 0.15) is 25.0 Å². The second kappa shape index (κ2) is 4.71. The van der Waals surface area contributed by atoms with Crippen molar-refractivity contribution in [3.8, 4) is 0 Å². The average molecular weight is 213 g/mol. The van der Waals surface area contributed by atoms with Crippen molar-refractivity contribution in [2.45, 2.75) is 26.2 Å². The summed E-state index contributed by atoms with van der Waals surface area (Å²) in [6.45, 7) is 3.53. The predicted octanol–water partition coefficient (Wildman–Crippen LogP) is 2.94. The van der Waals surface area contributed by atoms with Gasteiger partial charge in [0.25, 0.3) is 5.92 Å². The second-order valence-electron chi connectivity index (χ2n) is 4.02. The molecule has 0 radical (unpaired) electrons. The fourth-order valence-electron chi connectivity index (χ4n) is 1.43. The maximum atomic E-state index is 13.7. The molecule has 0 bridgehead atoms. The van der Waals surface area contributed by atoms with Crippen molar-refractivity contribution in [1.29, 1.82) is 0 Å². The molecule has 1 rings (SSSR count). The minimum atomic E-state index is -2.76. The number of benzene rings is 1. The zero-order valence-electron chi connectivity index (χ0n) is 9.13. The molecule has 0 spiro atoms. The molecule has 0 heterocycles. The molecule has 0 amide bonds. The largest absolute Gasteiger partial charge is 0.330 e. The molecule has 0 aromatic heterocycles. The number of rotatable bonds is 4. The van der Waals surface area contributed by atoms with Crippen molar-refractivity contribution in [2.75, 3.05) is 6.54 Å². The fraction of sp³-hybridized carbons (Fsp3) is 0.500. The lowest BCUT2D eigenvalue weighted by molar-refractivity contribution is -0.0514. The van der Waals surface area contributed by atoms with Crippen molar-refractivity contribution in [1.82, 2.24) is 0 Å². The number of alkyl halides is 2. The van der Waals surface area contributed by atoms with Crippen LogP contribution in [0.15, 0.2) is 24.3 Å². The van der Waals surface area contributed by atoms with E-state index >= 15 is 0 Å². The van der Waals surface area contributed by atoms with Crippen LogP contribution in [0.5, 0.6) is 0 Å². The summed E-state index contributed by atoms with van der Waals surface area (Å²) in [7, 11) is 0. The predicted molar refractivity (Wildman–Crippen MR) is 57.9 cm³/mol. The van der Waals surface area contributed by atoms with Crippen molar-refractivity contribution in [3.63, 3.8) is 0 Å². The minimum Gasteiger partial charge on any atom is -0.330 e. The molecule has 0 aliphatic carbocycles. The molecule has 1 aromatic rings. The van der Waals surface area contributed by atoms with Crippen LogP contribution in [-0.4, -0.2) is 6.54 Å². The van der Waals surface area contributed by atoms with E-state index in [0.717, 1.165) is 5.56 Å². The summed E-state index contributed by atoms with van der Waals surface area (Å²) in [6.07, 6.45) is 0.641. The highest BCUT2D eigenvalue weighted by Gasteiger charge is 2.35. The van der Waals surface area contributed by atoms with Gasteiger partial charge in [0.1, 0.15) is 0 Å². The number of hydrogen-bond acceptors (Lipinski definition) is 1. The summed E-state index contributed by atoms with van der Waals surface area (Å²) < 4.78 is 27.3. The molecule has 15 heavy (non-hydrogen) atoms. The van der Waals surface area contributed by atoms with Gasteiger partial charge in [0.05, 0.1) is 0 Å². The lowest BCUT2D eigenvalue weighted by atomic mass is 9.96. The van der Waals surface area contributed by atoms with E-state index in [1.165, 1.54) is 19.9 Å². The van der Waals surface area contributed by atoms with Crippen molar-refractivity contribution >= 4 is 0 Å².